The first-order valence-electron chi connectivity index (χ1n) is 8.25. The normalized spacial score (nSPS) is 11.4. The molecule has 3 rings (SSSR count). The molecule has 0 saturated carbocycles. The molecule has 1 aromatic heterocycles. The summed E-state index contributed by atoms with van der Waals surface area (Å²) in [6.45, 7) is 0.772. The Labute approximate surface area is 172 Å². The van der Waals surface area contributed by atoms with Gasteiger partial charge in [0.05, 0.1) is 10.6 Å². The number of hydrogen-bond donors (Lipinski definition) is 1. The fraction of sp³-hybridized carbons (Fsp3) is 0.222. The molecule has 0 bridgehead atoms. The number of nitrogens with one attached hydrogen (secondary N) is 1. The minimum Gasteiger partial charge on any atom is -0.360 e. The molecule has 0 saturated heterocycles. The van der Waals surface area contributed by atoms with E-state index in [-0.39, 0.29) is 10.6 Å². The molecule has 27 heavy (non-hydrogen) atoms. The second kappa shape index (κ2) is 9.54. The highest BCUT2D eigenvalue weighted by Gasteiger charge is 2.15. The highest BCUT2D eigenvalue weighted by atomic mass is 35.5. The van der Waals surface area contributed by atoms with Crippen LogP contribution in [0.15, 0.2) is 63.8 Å². The lowest BCUT2D eigenvalue weighted by atomic mass is 10.2. The van der Waals surface area contributed by atoms with E-state index < -0.39 is 9.84 Å². The summed E-state index contributed by atoms with van der Waals surface area (Å²) >= 11 is 8.63. The Balaban J connectivity index is 1.44. The summed E-state index contributed by atoms with van der Waals surface area (Å²) in [4.78, 5) is 0.285. The monoisotopic (exact) mass is 439 g/mol. The van der Waals surface area contributed by atoms with E-state index >= 15 is 0 Å². The third kappa shape index (κ3) is 6.21. The van der Waals surface area contributed by atoms with Gasteiger partial charge in [-0.05, 0) is 36.2 Å². The van der Waals surface area contributed by atoms with E-state index in [1.165, 1.54) is 40.8 Å². The third-order valence-electron chi connectivity index (χ3n) is 3.69. The van der Waals surface area contributed by atoms with Gasteiger partial charge in [0.15, 0.2) is 14.2 Å². The molecule has 3 aromatic rings. The molecule has 0 atom stereocenters. The van der Waals surface area contributed by atoms with Gasteiger partial charge >= 0.3 is 0 Å². The van der Waals surface area contributed by atoms with E-state index in [0.29, 0.717) is 10.8 Å². The number of halogens is 1. The quantitative estimate of drug-likeness (QED) is 0.498. The Bertz CT molecular complexity index is 961. The van der Waals surface area contributed by atoms with Crippen molar-refractivity contribution in [3.63, 3.8) is 0 Å². The Hall–Kier alpha value is -1.61. The Morgan fingerprint density at radius 3 is 2.52 bits per heavy atom. The van der Waals surface area contributed by atoms with E-state index in [1.807, 2.05) is 18.2 Å². The van der Waals surface area contributed by atoms with E-state index in [0.717, 1.165) is 22.4 Å². The number of sulfone groups is 1. The first kappa shape index (κ1) is 20.1. The van der Waals surface area contributed by atoms with Crippen LogP contribution < -0.4 is 5.32 Å². The SMILES string of the molecule is O=S(=O)(CCSc1nnc(NCCc2ccccc2)s1)c1ccc(Cl)cc1. The van der Waals surface area contributed by atoms with E-state index in [9.17, 15) is 8.42 Å². The molecule has 0 aliphatic rings. The van der Waals surface area contributed by atoms with Gasteiger partial charge in [0.1, 0.15) is 0 Å². The Morgan fingerprint density at radius 2 is 1.78 bits per heavy atom. The molecule has 0 amide bonds. The average Bonchev–Trinajstić information content (AvgIpc) is 3.10. The maximum Gasteiger partial charge on any atom is 0.206 e. The second-order valence-electron chi connectivity index (χ2n) is 5.66. The zero-order chi connectivity index (χ0) is 19.1. The number of aromatic nitrogens is 2. The van der Waals surface area contributed by atoms with Gasteiger partial charge in [-0.3, -0.25) is 0 Å². The predicted molar refractivity (Wildman–Crippen MR) is 113 cm³/mol. The van der Waals surface area contributed by atoms with Crippen LogP contribution in [0.4, 0.5) is 5.13 Å². The summed E-state index contributed by atoms with van der Waals surface area (Å²) in [5, 5.41) is 12.7. The topological polar surface area (TPSA) is 72.0 Å². The molecular formula is C18H18ClN3O2S3. The molecule has 1 heterocycles. The maximum absolute atomic E-state index is 12.3. The largest absolute Gasteiger partial charge is 0.360 e. The highest BCUT2D eigenvalue weighted by molar-refractivity contribution is 8.02. The lowest BCUT2D eigenvalue weighted by molar-refractivity contribution is 0.597. The highest BCUT2D eigenvalue weighted by Crippen LogP contribution is 2.26. The molecule has 142 valence electrons. The van der Waals surface area contributed by atoms with Crippen molar-refractivity contribution in [2.45, 2.75) is 15.7 Å². The minimum atomic E-state index is -3.32. The van der Waals surface area contributed by atoms with Gasteiger partial charge in [-0.2, -0.15) is 0 Å². The Morgan fingerprint density at radius 1 is 1.04 bits per heavy atom. The average molecular weight is 440 g/mol. The lowest BCUT2D eigenvalue weighted by Gasteiger charge is -2.03. The molecule has 1 N–H and O–H groups in total. The summed E-state index contributed by atoms with van der Waals surface area (Å²) < 4.78 is 25.4. The van der Waals surface area contributed by atoms with Crippen LogP contribution in [0.3, 0.4) is 0 Å². The van der Waals surface area contributed by atoms with Gasteiger partial charge in [0.2, 0.25) is 5.13 Å². The number of nitrogens with zero attached hydrogens (tertiary/aromatic N) is 2. The number of hydrogen-bond acceptors (Lipinski definition) is 7. The van der Waals surface area contributed by atoms with Gasteiger partial charge in [-0.25, -0.2) is 8.42 Å². The van der Waals surface area contributed by atoms with Crippen molar-refractivity contribution in [3.8, 4) is 0 Å². The van der Waals surface area contributed by atoms with Crippen LogP contribution in [0.1, 0.15) is 5.56 Å². The smallest absolute Gasteiger partial charge is 0.206 e. The zero-order valence-electron chi connectivity index (χ0n) is 14.3. The van der Waals surface area contributed by atoms with Crippen molar-refractivity contribution in [1.29, 1.82) is 0 Å². The van der Waals surface area contributed by atoms with Gasteiger partial charge < -0.3 is 5.32 Å². The Kier molecular flexibility index (Phi) is 7.12. The standard InChI is InChI=1S/C18H18ClN3O2S3/c19-15-6-8-16(9-7-15)27(23,24)13-12-25-18-22-21-17(26-18)20-11-10-14-4-2-1-3-5-14/h1-9H,10-13H2,(H,20,21). The van der Waals surface area contributed by atoms with Crippen molar-refractivity contribution in [2.75, 3.05) is 23.4 Å². The summed E-state index contributed by atoms with van der Waals surface area (Å²) in [6.07, 6.45) is 0.905. The number of benzene rings is 2. The van der Waals surface area contributed by atoms with Gasteiger partial charge in [-0.15, -0.1) is 10.2 Å². The molecular weight excluding hydrogens is 422 g/mol. The van der Waals surface area contributed by atoms with Crippen molar-refractivity contribution in [2.24, 2.45) is 0 Å². The molecule has 9 heteroatoms. The molecule has 0 unspecified atom stereocenters. The fourth-order valence-electron chi connectivity index (χ4n) is 2.30. The van der Waals surface area contributed by atoms with Crippen molar-refractivity contribution >= 4 is 49.7 Å². The summed E-state index contributed by atoms with van der Waals surface area (Å²) in [5.74, 6) is 0.458. The van der Waals surface area contributed by atoms with Crippen LogP contribution in [0.2, 0.25) is 5.02 Å². The van der Waals surface area contributed by atoms with Gasteiger partial charge in [-0.1, -0.05) is 65.0 Å². The summed E-state index contributed by atoms with van der Waals surface area (Å²) in [6, 6.07) is 16.4. The fourth-order valence-corrected chi connectivity index (χ4v) is 5.92. The minimum absolute atomic E-state index is 0.0373. The number of anilines is 1. The molecule has 0 aliphatic carbocycles. The van der Waals surface area contributed by atoms with Gasteiger partial charge in [0.25, 0.3) is 0 Å². The third-order valence-corrected chi connectivity index (χ3v) is 7.95. The number of rotatable bonds is 9. The first-order valence-corrected chi connectivity index (χ1v) is 12.1. The molecule has 0 aliphatic heterocycles. The van der Waals surface area contributed by atoms with Crippen LogP contribution in [-0.4, -0.2) is 36.7 Å². The first-order chi connectivity index (χ1) is 13.0. The molecule has 2 aromatic carbocycles. The molecule has 5 nitrogen and oxygen atoms in total. The van der Waals surface area contributed by atoms with Crippen molar-refractivity contribution < 1.29 is 8.42 Å². The van der Waals surface area contributed by atoms with E-state index in [4.69, 9.17) is 11.6 Å². The summed E-state index contributed by atoms with van der Waals surface area (Å²) in [5.41, 5.74) is 1.26. The molecule has 0 fully saturated rings. The molecule has 0 spiro atoms. The van der Waals surface area contributed by atoms with Crippen LogP contribution >= 0.6 is 34.7 Å². The number of thioether (sulfide) groups is 1. The van der Waals surface area contributed by atoms with Crippen LogP contribution in [-0.2, 0) is 16.3 Å². The maximum atomic E-state index is 12.3. The van der Waals surface area contributed by atoms with Crippen LogP contribution in [0.25, 0.3) is 0 Å². The molecule has 0 radical (unpaired) electrons. The van der Waals surface area contributed by atoms with Crippen LogP contribution in [0.5, 0.6) is 0 Å². The van der Waals surface area contributed by atoms with Crippen LogP contribution in [0, 0.1) is 0 Å². The van der Waals surface area contributed by atoms with E-state index in [1.54, 1.807) is 12.1 Å². The van der Waals surface area contributed by atoms with Gasteiger partial charge in [0, 0.05) is 17.3 Å². The van der Waals surface area contributed by atoms with Crippen molar-refractivity contribution in [1.82, 2.24) is 10.2 Å². The summed E-state index contributed by atoms with van der Waals surface area (Å²) in [7, 11) is -3.32. The predicted octanol–water partition coefficient (Wildman–Crippen LogP) is 4.41. The van der Waals surface area contributed by atoms with E-state index in [2.05, 4.69) is 27.6 Å². The lowest BCUT2D eigenvalue weighted by Crippen LogP contribution is -2.08. The van der Waals surface area contributed by atoms with Crippen molar-refractivity contribution in [3.05, 3.63) is 65.2 Å². The second-order valence-corrected chi connectivity index (χ2v) is 10.5. The zero-order valence-corrected chi connectivity index (χ0v) is 17.5.